The number of amidine groups is 1. The molecule has 0 aliphatic carbocycles. The van der Waals surface area contributed by atoms with Crippen molar-refractivity contribution in [3.63, 3.8) is 0 Å². The highest BCUT2D eigenvalue weighted by atomic mass is 32.2. The summed E-state index contributed by atoms with van der Waals surface area (Å²) in [7, 11) is 0. The van der Waals surface area contributed by atoms with Crippen LogP contribution in [-0.4, -0.2) is 59.1 Å². The molecule has 8 nitrogen and oxygen atoms in total. The highest BCUT2D eigenvalue weighted by molar-refractivity contribution is 8.16. The van der Waals surface area contributed by atoms with E-state index in [2.05, 4.69) is 4.99 Å². The Hall–Kier alpha value is -2.59. The van der Waals surface area contributed by atoms with E-state index < -0.39 is 12.0 Å². The number of ether oxygens (including phenoxy) is 2. The van der Waals surface area contributed by atoms with E-state index in [-0.39, 0.29) is 30.8 Å². The van der Waals surface area contributed by atoms with E-state index in [0.717, 1.165) is 28.6 Å². The number of nitrogens with zero attached hydrogens (tertiary/aromatic N) is 3. The van der Waals surface area contributed by atoms with Crippen LogP contribution in [0.2, 0.25) is 0 Å². The topological polar surface area (TPSA) is 88.5 Å². The number of esters is 2. The normalized spacial score (nSPS) is 22.2. The van der Waals surface area contributed by atoms with Crippen molar-refractivity contribution in [1.82, 2.24) is 9.80 Å². The molecule has 2 unspecified atom stereocenters. The van der Waals surface area contributed by atoms with Crippen molar-refractivity contribution in [2.24, 2.45) is 10.9 Å². The number of hydrogen-bond acceptors (Lipinski definition) is 9. The van der Waals surface area contributed by atoms with Gasteiger partial charge in [0.1, 0.15) is 6.04 Å². The number of thioether (sulfide) groups is 1. The second kappa shape index (κ2) is 10.8. The fourth-order valence-corrected chi connectivity index (χ4v) is 6.27. The van der Waals surface area contributed by atoms with Crippen LogP contribution in [0.15, 0.2) is 44.9 Å². The lowest BCUT2D eigenvalue weighted by molar-refractivity contribution is -0.151. The smallest absolute Gasteiger partial charge is 0.338 e. The zero-order chi connectivity index (χ0) is 24.2. The maximum atomic E-state index is 13.3. The second-order valence-electron chi connectivity index (χ2n) is 8.24. The van der Waals surface area contributed by atoms with E-state index in [1.807, 2.05) is 34.7 Å². The van der Waals surface area contributed by atoms with Gasteiger partial charge in [-0.05, 0) is 50.5 Å². The molecular formula is C24H29N3O5S2. The molecule has 1 amide bonds. The molecule has 3 aliphatic rings. The Bertz CT molecular complexity index is 1050. The SMILES string of the molecule is CCOC(=O)C1=C(C)N=C2SC=C(CC(=O)N3CCCC(C(=O)OCC)C3)N2C1c1cccs1. The third kappa shape index (κ3) is 4.93. The summed E-state index contributed by atoms with van der Waals surface area (Å²) >= 11 is 3.01. The zero-order valence-corrected chi connectivity index (χ0v) is 21.2. The molecule has 3 aliphatic heterocycles. The molecule has 0 spiro atoms. The molecule has 1 saturated heterocycles. The van der Waals surface area contributed by atoms with Crippen LogP contribution in [0, 0.1) is 5.92 Å². The number of amides is 1. The molecule has 34 heavy (non-hydrogen) atoms. The number of carbonyl (C=O) groups is 3. The van der Waals surface area contributed by atoms with Gasteiger partial charge < -0.3 is 19.3 Å². The van der Waals surface area contributed by atoms with E-state index in [4.69, 9.17) is 9.47 Å². The minimum absolute atomic E-state index is 0.0454. The number of allylic oxidation sites excluding steroid dienone is 1. The molecule has 1 aromatic heterocycles. The summed E-state index contributed by atoms with van der Waals surface area (Å²) in [6.07, 6.45) is 1.67. The van der Waals surface area contributed by atoms with E-state index >= 15 is 0 Å². The summed E-state index contributed by atoms with van der Waals surface area (Å²) in [6.45, 7) is 7.00. The van der Waals surface area contributed by atoms with Gasteiger partial charge in [0.2, 0.25) is 5.91 Å². The molecule has 10 heteroatoms. The van der Waals surface area contributed by atoms with Gasteiger partial charge in [0.05, 0.1) is 36.8 Å². The number of piperidine rings is 1. The van der Waals surface area contributed by atoms with Crippen LogP contribution in [0.4, 0.5) is 0 Å². The van der Waals surface area contributed by atoms with Gasteiger partial charge in [0, 0.05) is 23.7 Å². The summed E-state index contributed by atoms with van der Waals surface area (Å²) in [5.41, 5.74) is 1.92. The number of hydrogen-bond donors (Lipinski definition) is 0. The van der Waals surface area contributed by atoms with Crippen molar-refractivity contribution in [3.05, 3.63) is 44.8 Å². The van der Waals surface area contributed by atoms with Crippen LogP contribution in [0.25, 0.3) is 0 Å². The Kier molecular flexibility index (Phi) is 7.77. The quantitative estimate of drug-likeness (QED) is 0.518. The van der Waals surface area contributed by atoms with Gasteiger partial charge in [-0.15, -0.1) is 11.3 Å². The van der Waals surface area contributed by atoms with Gasteiger partial charge in [-0.1, -0.05) is 17.8 Å². The number of fused-ring (bicyclic) bond motifs is 1. The highest BCUT2D eigenvalue weighted by Gasteiger charge is 2.42. The summed E-state index contributed by atoms with van der Waals surface area (Å²) in [6, 6.07) is 3.54. The molecule has 0 saturated carbocycles. The van der Waals surface area contributed by atoms with Gasteiger partial charge in [0.15, 0.2) is 5.17 Å². The molecule has 0 aromatic carbocycles. The average molecular weight is 504 g/mol. The molecule has 1 aromatic rings. The van der Waals surface area contributed by atoms with Crippen molar-refractivity contribution >= 4 is 46.1 Å². The lowest BCUT2D eigenvalue weighted by Crippen LogP contribution is -2.44. The third-order valence-electron chi connectivity index (χ3n) is 6.04. The predicted molar refractivity (Wildman–Crippen MR) is 132 cm³/mol. The summed E-state index contributed by atoms with van der Waals surface area (Å²) in [5, 5.41) is 4.65. The number of thiophene rings is 1. The van der Waals surface area contributed by atoms with E-state index in [1.165, 1.54) is 11.8 Å². The first kappa shape index (κ1) is 24.5. The summed E-state index contributed by atoms with van der Waals surface area (Å²) < 4.78 is 10.5. The fourth-order valence-electron chi connectivity index (χ4n) is 4.48. The Morgan fingerprint density at radius 1 is 1.21 bits per heavy atom. The van der Waals surface area contributed by atoms with Crippen molar-refractivity contribution in [2.75, 3.05) is 26.3 Å². The predicted octanol–water partition coefficient (Wildman–Crippen LogP) is 4.08. The van der Waals surface area contributed by atoms with Crippen LogP contribution in [-0.2, 0) is 23.9 Å². The lowest BCUT2D eigenvalue weighted by Gasteiger charge is -2.36. The molecule has 0 bridgehead atoms. The van der Waals surface area contributed by atoms with Crippen molar-refractivity contribution in [2.45, 2.75) is 46.1 Å². The number of likely N-dealkylation sites (tertiary alicyclic amines) is 1. The Morgan fingerprint density at radius 2 is 2.00 bits per heavy atom. The van der Waals surface area contributed by atoms with Gasteiger partial charge in [-0.25, -0.2) is 9.79 Å². The maximum Gasteiger partial charge on any atom is 0.338 e. The highest BCUT2D eigenvalue weighted by Crippen LogP contribution is 2.46. The van der Waals surface area contributed by atoms with Crippen LogP contribution in [0.3, 0.4) is 0 Å². The molecule has 2 atom stereocenters. The average Bonchev–Trinajstić information content (AvgIpc) is 3.49. The van der Waals surface area contributed by atoms with Crippen molar-refractivity contribution < 1.29 is 23.9 Å². The van der Waals surface area contributed by atoms with Gasteiger partial charge >= 0.3 is 11.9 Å². The third-order valence-corrected chi connectivity index (χ3v) is 7.85. The maximum absolute atomic E-state index is 13.3. The zero-order valence-electron chi connectivity index (χ0n) is 19.6. The summed E-state index contributed by atoms with van der Waals surface area (Å²) in [5.74, 6) is -0.955. The molecule has 4 heterocycles. The molecular weight excluding hydrogens is 474 g/mol. The largest absolute Gasteiger partial charge is 0.466 e. The number of rotatable bonds is 7. The number of carbonyl (C=O) groups excluding carboxylic acids is 3. The van der Waals surface area contributed by atoms with E-state index in [0.29, 0.717) is 31.0 Å². The van der Waals surface area contributed by atoms with Gasteiger partial charge in [-0.2, -0.15) is 0 Å². The van der Waals surface area contributed by atoms with Gasteiger partial charge in [-0.3, -0.25) is 9.59 Å². The summed E-state index contributed by atoms with van der Waals surface area (Å²) in [4.78, 5) is 47.8. The Labute approximate surface area is 207 Å². The Balaban J connectivity index is 1.56. The monoisotopic (exact) mass is 503 g/mol. The molecule has 1 fully saturated rings. The minimum atomic E-state index is -0.394. The first-order valence-electron chi connectivity index (χ1n) is 11.5. The molecule has 0 N–H and O–H groups in total. The lowest BCUT2D eigenvalue weighted by atomic mass is 9.97. The standard InChI is InChI=1S/C24H29N3O5S2/c1-4-31-22(29)16-8-6-10-26(13-16)19(28)12-17-14-34-24-25-15(3)20(23(30)32-5-2)21(27(17)24)18-9-7-11-33-18/h7,9,11,14,16,21H,4-6,8,10,12-13H2,1-3H3. The molecule has 0 radical (unpaired) electrons. The second-order valence-corrected chi connectivity index (χ2v) is 10.1. The molecule has 182 valence electrons. The van der Waals surface area contributed by atoms with Gasteiger partial charge in [0.25, 0.3) is 0 Å². The first-order chi connectivity index (χ1) is 16.4. The molecule has 4 rings (SSSR count). The first-order valence-corrected chi connectivity index (χ1v) is 13.3. The van der Waals surface area contributed by atoms with Crippen LogP contribution in [0.5, 0.6) is 0 Å². The van der Waals surface area contributed by atoms with Crippen LogP contribution in [0.1, 0.15) is 51.0 Å². The van der Waals surface area contributed by atoms with E-state index in [9.17, 15) is 14.4 Å². The van der Waals surface area contributed by atoms with Crippen molar-refractivity contribution in [1.29, 1.82) is 0 Å². The minimum Gasteiger partial charge on any atom is -0.466 e. The Morgan fingerprint density at radius 3 is 2.71 bits per heavy atom. The van der Waals surface area contributed by atoms with E-state index in [1.54, 1.807) is 30.1 Å². The van der Waals surface area contributed by atoms with Crippen LogP contribution >= 0.6 is 23.1 Å². The number of aliphatic imine (C=N–C) groups is 1. The fraction of sp³-hybridized carbons (Fsp3) is 0.500. The van der Waals surface area contributed by atoms with Crippen molar-refractivity contribution in [3.8, 4) is 0 Å². The van der Waals surface area contributed by atoms with Crippen LogP contribution < -0.4 is 0 Å².